The average Bonchev–Trinajstić information content (AvgIpc) is 2.45. The fraction of sp³-hybridized carbons (Fsp3) is 0.625. The molecule has 0 aliphatic heterocycles. The fourth-order valence-corrected chi connectivity index (χ4v) is 2.11. The van der Waals surface area contributed by atoms with Crippen molar-refractivity contribution >= 4 is 0 Å². The van der Waals surface area contributed by atoms with Crippen LogP contribution in [0, 0.1) is 0 Å². The van der Waals surface area contributed by atoms with Crippen LogP contribution >= 0.6 is 0 Å². The molecule has 19 heavy (non-hydrogen) atoms. The first-order valence-corrected chi connectivity index (χ1v) is 7.23. The highest BCUT2D eigenvalue weighted by Crippen LogP contribution is 2.23. The highest BCUT2D eigenvalue weighted by atomic mass is 16.5. The molecule has 108 valence electrons. The lowest BCUT2D eigenvalue weighted by atomic mass is 9.99. The molecule has 1 aromatic rings. The minimum absolute atomic E-state index is 0.558. The van der Waals surface area contributed by atoms with Crippen molar-refractivity contribution in [3.63, 3.8) is 0 Å². The van der Waals surface area contributed by atoms with Crippen LogP contribution in [0.2, 0.25) is 0 Å². The molecular formula is C16H26O3. The first-order chi connectivity index (χ1) is 9.12. The van der Waals surface area contributed by atoms with Gasteiger partial charge in [-0.05, 0) is 49.8 Å². The van der Waals surface area contributed by atoms with E-state index in [-0.39, 0.29) is 0 Å². The fourth-order valence-electron chi connectivity index (χ4n) is 2.11. The third-order valence-corrected chi connectivity index (χ3v) is 3.40. The Bertz CT molecular complexity index is 376. The van der Waals surface area contributed by atoms with Crippen LogP contribution in [-0.4, -0.2) is 29.0 Å². The largest absolute Gasteiger partial charge is 0.494 e. The number of benzene rings is 1. The molecule has 2 atom stereocenters. The maximum atomic E-state index is 9.84. The Morgan fingerprint density at radius 1 is 1.11 bits per heavy atom. The van der Waals surface area contributed by atoms with Crippen LogP contribution < -0.4 is 4.74 Å². The van der Waals surface area contributed by atoms with Gasteiger partial charge in [-0.3, -0.25) is 0 Å². The molecule has 0 saturated heterocycles. The molecule has 0 radical (unpaired) electrons. The number of aliphatic hydroxyl groups excluding tert-OH is 2. The molecule has 0 saturated carbocycles. The van der Waals surface area contributed by atoms with Crippen LogP contribution in [0.3, 0.4) is 0 Å². The SMILES string of the molecule is CCOc1ccc(CC)cc1CCC(O)C(O)CC. The number of ether oxygens (including phenoxy) is 1. The third kappa shape index (κ3) is 4.84. The zero-order chi connectivity index (χ0) is 14.3. The second-order valence-electron chi connectivity index (χ2n) is 4.81. The van der Waals surface area contributed by atoms with Crippen molar-refractivity contribution in [2.75, 3.05) is 6.61 Å². The monoisotopic (exact) mass is 266 g/mol. The molecule has 0 fully saturated rings. The van der Waals surface area contributed by atoms with Crippen LogP contribution in [0.15, 0.2) is 18.2 Å². The van der Waals surface area contributed by atoms with E-state index in [1.54, 1.807) is 0 Å². The second-order valence-corrected chi connectivity index (χ2v) is 4.81. The van der Waals surface area contributed by atoms with Gasteiger partial charge in [-0.15, -0.1) is 0 Å². The van der Waals surface area contributed by atoms with Gasteiger partial charge in [-0.1, -0.05) is 26.0 Å². The van der Waals surface area contributed by atoms with Crippen LogP contribution in [0.4, 0.5) is 0 Å². The summed E-state index contributed by atoms with van der Waals surface area (Å²) in [6, 6.07) is 6.21. The number of aliphatic hydroxyl groups is 2. The van der Waals surface area contributed by atoms with Gasteiger partial charge in [0.05, 0.1) is 18.8 Å². The lowest BCUT2D eigenvalue weighted by Crippen LogP contribution is -2.25. The summed E-state index contributed by atoms with van der Waals surface area (Å²) in [6.07, 6.45) is 1.55. The standard InChI is InChI=1S/C16H26O3/c1-4-12-7-10-16(19-6-3)13(11-12)8-9-15(18)14(17)5-2/h7,10-11,14-15,17-18H,4-6,8-9H2,1-3H3. The summed E-state index contributed by atoms with van der Waals surface area (Å²) >= 11 is 0. The van der Waals surface area contributed by atoms with E-state index in [4.69, 9.17) is 4.74 Å². The van der Waals surface area contributed by atoms with Crippen molar-refractivity contribution in [3.05, 3.63) is 29.3 Å². The van der Waals surface area contributed by atoms with E-state index in [0.717, 1.165) is 24.2 Å². The van der Waals surface area contributed by atoms with Gasteiger partial charge in [0, 0.05) is 0 Å². The van der Waals surface area contributed by atoms with E-state index >= 15 is 0 Å². The molecule has 0 aliphatic carbocycles. The molecule has 0 aliphatic rings. The van der Waals surface area contributed by atoms with Gasteiger partial charge in [0.25, 0.3) is 0 Å². The van der Waals surface area contributed by atoms with E-state index in [9.17, 15) is 10.2 Å². The van der Waals surface area contributed by atoms with Gasteiger partial charge in [0.15, 0.2) is 0 Å². The first kappa shape index (κ1) is 16.0. The molecule has 3 nitrogen and oxygen atoms in total. The molecule has 2 N–H and O–H groups in total. The summed E-state index contributed by atoms with van der Waals surface area (Å²) in [5.74, 6) is 0.887. The Balaban J connectivity index is 2.73. The Morgan fingerprint density at radius 3 is 2.42 bits per heavy atom. The molecule has 2 unspecified atom stereocenters. The first-order valence-electron chi connectivity index (χ1n) is 7.23. The van der Waals surface area contributed by atoms with Crippen molar-refractivity contribution in [3.8, 4) is 5.75 Å². The summed E-state index contributed by atoms with van der Waals surface area (Å²) in [5.41, 5.74) is 2.38. The third-order valence-electron chi connectivity index (χ3n) is 3.40. The van der Waals surface area contributed by atoms with Gasteiger partial charge in [-0.25, -0.2) is 0 Å². The lowest BCUT2D eigenvalue weighted by molar-refractivity contribution is 0.0130. The van der Waals surface area contributed by atoms with Crippen molar-refractivity contribution < 1.29 is 14.9 Å². The number of hydrogen-bond donors (Lipinski definition) is 2. The zero-order valence-electron chi connectivity index (χ0n) is 12.2. The van der Waals surface area contributed by atoms with Gasteiger partial charge >= 0.3 is 0 Å². The van der Waals surface area contributed by atoms with E-state index < -0.39 is 12.2 Å². The van der Waals surface area contributed by atoms with Gasteiger partial charge in [0.1, 0.15) is 5.75 Å². The number of aryl methyl sites for hydroxylation is 2. The number of hydrogen-bond acceptors (Lipinski definition) is 3. The maximum absolute atomic E-state index is 9.84. The Morgan fingerprint density at radius 2 is 1.84 bits per heavy atom. The van der Waals surface area contributed by atoms with Gasteiger partial charge < -0.3 is 14.9 Å². The van der Waals surface area contributed by atoms with Crippen LogP contribution in [-0.2, 0) is 12.8 Å². The van der Waals surface area contributed by atoms with Crippen LogP contribution in [0.1, 0.15) is 44.7 Å². The molecule has 0 amide bonds. The summed E-state index contributed by atoms with van der Waals surface area (Å²) in [4.78, 5) is 0. The zero-order valence-corrected chi connectivity index (χ0v) is 12.2. The minimum atomic E-state index is -0.662. The van der Waals surface area contributed by atoms with E-state index in [1.165, 1.54) is 5.56 Å². The quantitative estimate of drug-likeness (QED) is 0.760. The highest BCUT2D eigenvalue weighted by molar-refractivity contribution is 5.37. The highest BCUT2D eigenvalue weighted by Gasteiger charge is 2.15. The summed E-state index contributed by atoms with van der Waals surface area (Å²) in [7, 11) is 0. The van der Waals surface area contributed by atoms with E-state index in [0.29, 0.717) is 19.4 Å². The average molecular weight is 266 g/mol. The molecule has 1 aromatic carbocycles. The summed E-state index contributed by atoms with van der Waals surface area (Å²) in [6.45, 7) is 6.60. The minimum Gasteiger partial charge on any atom is -0.494 e. The van der Waals surface area contributed by atoms with Crippen LogP contribution in [0.25, 0.3) is 0 Å². The molecule has 0 spiro atoms. The van der Waals surface area contributed by atoms with Crippen LogP contribution in [0.5, 0.6) is 5.75 Å². The maximum Gasteiger partial charge on any atom is 0.122 e. The summed E-state index contributed by atoms with van der Waals surface area (Å²) < 4.78 is 5.61. The van der Waals surface area contributed by atoms with Gasteiger partial charge in [-0.2, -0.15) is 0 Å². The molecule has 0 aromatic heterocycles. The molecule has 0 heterocycles. The Labute approximate surface area is 116 Å². The predicted molar refractivity (Wildman–Crippen MR) is 77.6 cm³/mol. The number of rotatable bonds is 8. The van der Waals surface area contributed by atoms with Crippen molar-refractivity contribution in [2.24, 2.45) is 0 Å². The Hall–Kier alpha value is -1.06. The second kappa shape index (κ2) is 8.18. The molecular weight excluding hydrogens is 240 g/mol. The smallest absolute Gasteiger partial charge is 0.122 e. The Kier molecular flexibility index (Phi) is 6.89. The molecule has 0 bridgehead atoms. The van der Waals surface area contributed by atoms with E-state index in [2.05, 4.69) is 19.1 Å². The van der Waals surface area contributed by atoms with Crippen molar-refractivity contribution in [2.45, 2.75) is 58.7 Å². The molecule has 1 rings (SSSR count). The lowest BCUT2D eigenvalue weighted by Gasteiger charge is -2.17. The molecule has 3 heteroatoms. The van der Waals surface area contributed by atoms with Crippen molar-refractivity contribution in [1.82, 2.24) is 0 Å². The topological polar surface area (TPSA) is 49.7 Å². The van der Waals surface area contributed by atoms with Gasteiger partial charge in [0.2, 0.25) is 0 Å². The summed E-state index contributed by atoms with van der Waals surface area (Å²) in [5, 5.41) is 19.4. The normalized spacial score (nSPS) is 14.2. The van der Waals surface area contributed by atoms with E-state index in [1.807, 2.05) is 19.9 Å². The van der Waals surface area contributed by atoms with Crippen molar-refractivity contribution in [1.29, 1.82) is 0 Å². The predicted octanol–water partition coefficient (Wildman–Crippen LogP) is 2.71.